The molecule has 6 nitrogen and oxygen atoms in total. The van der Waals surface area contributed by atoms with Crippen molar-refractivity contribution in [2.75, 3.05) is 18.0 Å². The van der Waals surface area contributed by atoms with E-state index in [-0.39, 0.29) is 22.2 Å². The Kier molecular flexibility index (Phi) is 5.68. The average molecular weight is 486 g/mol. The monoisotopic (exact) mass is 485 g/mol. The van der Waals surface area contributed by atoms with Gasteiger partial charge in [0.2, 0.25) is 6.54 Å². The minimum atomic E-state index is -4.25. The molecule has 0 unspecified atom stereocenters. The maximum Gasteiger partial charge on any atom is 0.393 e. The number of hydrogen-bond donors (Lipinski definition) is 1. The van der Waals surface area contributed by atoms with Crippen molar-refractivity contribution >= 4 is 33.3 Å². The zero-order valence-corrected chi connectivity index (χ0v) is 19.0. The van der Waals surface area contributed by atoms with Crippen molar-refractivity contribution in [3.05, 3.63) is 64.1 Å². The highest BCUT2D eigenvalue weighted by molar-refractivity contribution is 7.18. The van der Waals surface area contributed by atoms with Gasteiger partial charge in [0.25, 0.3) is 5.91 Å². The van der Waals surface area contributed by atoms with Crippen LogP contribution < -0.4 is 10.2 Å². The molecule has 0 bridgehead atoms. The standard InChI is InChI=1S/C24H22F3N5OS/c1-28-12-15-2-4-16(5-3-15)21(33)31-17-9-23(10-17)6-7-32(13-23)20-19-8-18(11-24(25,26)27)34-22(19)30-14-29-20/h2-5,8,14,17H,6-7,9-13H2,(H,31,33). The van der Waals surface area contributed by atoms with Crippen molar-refractivity contribution < 1.29 is 18.0 Å². The Morgan fingerprint density at radius 2 is 2.03 bits per heavy atom. The Bertz CT molecular complexity index is 1260. The van der Waals surface area contributed by atoms with Gasteiger partial charge in [0.15, 0.2) is 0 Å². The summed E-state index contributed by atoms with van der Waals surface area (Å²) in [6, 6.07) is 8.77. The zero-order chi connectivity index (χ0) is 23.9. The Balaban J connectivity index is 1.21. The molecule has 1 N–H and O–H groups in total. The van der Waals surface area contributed by atoms with Gasteiger partial charge in [-0.1, -0.05) is 12.1 Å². The molecule has 1 amide bonds. The third-order valence-electron chi connectivity index (χ3n) is 6.64. The molecule has 2 aromatic heterocycles. The second-order valence-corrected chi connectivity index (χ2v) is 10.3. The van der Waals surface area contributed by atoms with Crippen molar-refractivity contribution in [3.63, 3.8) is 0 Å². The molecule has 2 aliphatic rings. The molecular weight excluding hydrogens is 463 g/mol. The van der Waals surface area contributed by atoms with Crippen molar-refractivity contribution in [1.29, 1.82) is 0 Å². The SMILES string of the molecule is [C-]#[N+]Cc1ccc(C(=O)NC2CC3(CCN(c4ncnc5sc(CC(F)(F)F)cc45)C3)C2)cc1. The second-order valence-electron chi connectivity index (χ2n) is 9.18. The predicted octanol–water partition coefficient (Wildman–Crippen LogP) is 5.00. The van der Waals surface area contributed by atoms with Gasteiger partial charge in [-0.05, 0) is 42.9 Å². The number of carbonyl (C=O) groups excluding carboxylic acids is 1. The number of anilines is 1. The maximum atomic E-state index is 12.8. The van der Waals surface area contributed by atoms with Gasteiger partial charge in [0.1, 0.15) is 17.0 Å². The van der Waals surface area contributed by atoms with Crippen LogP contribution in [0, 0.1) is 12.0 Å². The number of rotatable bonds is 5. The molecule has 3 heterocycles. The van der Waals surface area contributed by atoms with E-state index in [4.69, 9.17) is 6.57 Å². The van der Waals surface area contributed by atoms with Crippen molar-refractivity contribution in [3.8, 4) is 0 Å². The molecule has 1 saturated heterocycles. The summed E-state index contributed by atoms with van der Waals surface area (Å²) in [6.45, 7) is 8.76. The molecule has 0 radical (unpaired) electrons. The highest BCUT2D eigenvalue weighted by Crippen LogP contribution is 2.49. The van der Waals surface area contributed by atoms with E-state index in [0.29, 0.717) is 28.1 Å². The van der Waals surface area contributed by atoms with Crippen molar-refractivity contribution in [2.24, 2.45) is 5.41 Å². The first-order valence-corrected chi connectivity index (χ1v) is 11.8. The van der Waals surface area contributed by atoms with E-state index in [1.807, 2.05) is 0 Å². The molecule has 1 aromatic carbocycles. The first-order chi connectivity index (χ1) is 16.2. The number of alkyl halides is 3. The number of halogens is 3. The molecule has 1 aliphatic carbocycles. The number of carbonyl (C=O) groups is 1. The van der Waals surface area contributed by atoms with Crippen LogP contribution in [0.15, 0.2) is 36.7 Å². The fourth-order valence-electron chi connectivity index (χ4n) is 5.09. The molecule has 3 aromatic rings. The molecule has 1 spiro atoms. The molecule has 1 aliphatic heterocycles. The normalized spacial score (nSPS) is 22.1. The van der Waals surface area contributed by atoms with Gasteiger partial charge in [0.05, 0.1) is 11.8 Å². The van der Waals surface area contributed by atoms with E-state index in [2.05, 4.69) is 25.0 Å². The lowest BCUT2D eigenvalue weighted by Crippen LogP contribution is -2.52. The van der Waals surface area contributed by atoms with Crippen LogP contribution in [0.1, 0.15) is 40.1 Å². The van der Waals surface area contributed by atoms with Crippen LogP contribution in [-0.4, -0.2) is 41.2 Å². The third kappa shape index (κ3) is 4.57. The van der Waals surface area contributed by atoms with Crippen molar-refractivity contribution in [2.45, 2.75) is 44.4 Å². The molecular formula is C24H22F3N5OS. The maximum absolute atomic E-state index is 12.8. The summed E-state index contributed by atoms with van der Waals surface area (Å²) in [7, 11) is 0. The lowest BCUT2D eigenvalue weighted by atomic mass is 9.65. The number of thiophene rings is 1. The van der Waals surface area contributed by atoms with Gasteiger partial charge in [-0.15, -0.1) is 11.3 Å². The Morgan fingerprint density at radius 3 is 2.74 bits per heavy atom. The van der Waals surface area contributed by atoms with Gasteiger partial charge in [0, 0.05) is 35.1 Å². The second kappa shape index (κ2) is 8.55. The minimum Gasteiger partial charge on any atom is -0.355 e. The molecule has 1 saturated carbocycles. The van der Waals surface area contributed by atoms with Gasteiger partial charge in [-0.2, -0.15) is 13.2 Å². The average Bonchev–Trinajstić information content (AvgIpc) is 3.37. The molecule has 0 atom stereocenters. The van der Waals surface area contributed by atoms with Crippen molar-refractivity contribution in [1.82, 2.24) is 15.3 Å². The molecule has 2 fully saturated rings. The molecule has 34 heavy (non-hydrogen) atoms. The lowest BCUT2D eigenvalue weighted by molar-refractivity contribution is -0.126. The van der Waals surface area contributed by atoms with E-state index in [0.717, 1.165) is 49.3 Å². The lowest BCUT2D eigenvalue weighted by Gasteiger charge is -2.45. The van der Waals surface area contributed by atoms with E-state index >= 15 is 0 Å². The quantitative estimate of drug-likeness (QED) is 0.517. The van der Waals surface area contributed by atoms with Crippen LogP contribution in [0.25, 0.3) is 15.1 Å². The van der Waals surface area contributed by atoms with Crippen LogP contribution in [0.5, 0.6) is 0 Å². The van der Waals surface area contributed by atoms with E-state index < -0.39 is 12.6 Å². The Morgan fingerprint density at radius 1 is 1.26 bits per heavy atom. The summed E-state index contributed by atoms with van der Waals surface area (Å²) in [4.78, 5) is 27.5. The topological polar surface area (TPSA) is 62.5 Å². The van der Waals surface area contributed by atoms with Crippen LogP contribution >= 0.6 is 11.3 Å². The summed E-state index contributed by atoms with van der Waals surface area (Å²) in [5, 5.41) is 3.77. The van der Waals surface area contributed by atoms with E-state index in [9.17, 15) is 18.0 Å². The van der Waals surface area contributed by atoms with Gasteiger partial charge in [-0.25, -0.2) is 16.5 Å². The summed E-state index contributed by atoms with van der Waals surface area (Å²) in [6.07, 6.45) is -1.11. The first-order valence-electron chi connectivity index (χ1n) is 11.0. The van der Waals surface area contributed by atoms with E-state index in [1.54, 1.807) is 30.3 Å². The zero-order valence-electron chi connectivity index (χ0n) is 18.2. The highest BCUT2D eigenvalue weighted by Gasteiger charge is 2.49. The largest absolute Gasteiger partial charge is 0.393 e. The minimum absolute atomic E-state index is 0.0829. The van der Waals surface area contributed by atoms with Crippen LogP contribution in [-0.2, 0) is 13.0 Å². The van der Waals surface area contributed by atoms with E-state index in [1.165, 1.54) is 6.33 Å². The number of hydrogen-bond acceptors (Lipinski definition) is 5. The molecule has 5 rings (SSSR count). The summed E-state index contributed by atoms with van der Waals surface area (Å²) in [5.41, 5.74) is 1.55. The van der Waals surface area contributed by atoms with Gasteiger partial charge >= 0.3 is 6.18 Å². The third-order valence-corrected chi connectivity index (χ3v) is 7.69. The predicted molar refractivity (Wildman–Crippen MR) is 124 cm³/mol. The fourth-order valence-corrected chi connectivity index (χ4v) is 6.11. The number of nitrogens with zero attached hydrogens (tertiary/aromatic N) is 4. The number of nitrogens with one attached hydrogen (secondary N) is 1. The number of benzene rings is 1. The van der Waals surface area contributed by atoms with Gasteiger partial charge in [-0.3, -0.25) is 4.79 Å². The Labute approximate surface area is 198 Å². The number of amides is 1. The summed E-state index contributed by atoms with van der Waals surface area (Å²) >= 11 is 1.07. The van der Waals surface area contributed by atoms with Crippen LogP contribution in [0.2, 0.25) is 0 Å². The van der Waals surface area contributed by atoms with Crippen LogP contribution in [0.4, 0.5) is 19.0 Å². The number of aromatic nitrogens is 2. The van der Waals surface area contributed by atoms with Gasteiger partial charge < -0.3 is 15.1 Å². The smallest absolute Gasteiger partial charge is 0.355 e. The molecule has 10 heteroatoms. The first kappa shape index (κ1) is 22.6. The summed E-state index contributed by atoms with van der Waals surface area (Å²) < 4.78 is 38.5. The number of fused-ring (bicyclic) bond motifs is 1. The molecule has 176 valence electrons. The fraction of sp³-hybridized carbons (Fsp3) is 0.417. The summed E-state index contributed by atoms with van der Waals surface area (Å²) in [5.74, 6) is 0.579. The Hall–Kier alpha value is -3.19. The van der Waals surface area contributed by atoms with Crippen LogP contribution in [0.3, 0.4) is 0 Å². The highest BCUT2D eigenvalue weighted by atomic mass is 32.1.